The molecule has 0 N–H and O–H groups in total. The van der Waals surface area contributed by atoms with Crippen LogP contribution < -0.4 is 4.80 Å². The molecule has 0 atom stereocenters. The number of rotatable bonds is 1. The average Bonchev–Trinajstić information content (AvgIpc) is 2.30. The Kier molecular flexibility index (Phi) is 3.16. The van der Waals surface area contributed by atoms with Crippen LogP contribution in [0, 0.1) is 6.92 Å². The molecule has 1 amide bonds. The van der Waals surface area contributed by atoms with E-state index in [1.165, 1.54) is 11.3 Å². The SMILES string of the molecule is Cc1nn(C)c(=NC(=O)CBr)s1. The van der Waals surface area contributed by atoms with E-state index in [4.69, 9.17) is 0 Å². The van der Waals surface area contributed by atoms with Gasteiger partial charge in [0.1, 0.15) is 5.01 Å². The zero-order valence-corrected chi connectivity index (χ0v) is 9.15. The zero-order valence-electron chi connectivity index (χ0n) is 6.74. The van der Waals surface area contributed by atoms with Crippen LogP contribution in [0.5, 0.6) is 0 Å². The highest BCUT2D eigenvalue weighted by Gasteiger charge is 1.98. The first-order valence-electron chi connectivity index (χ1n) is 3.27. The molecular weight excluding hydrogens is 242 g/mol. The van der Waals surface area contributed by atoms with Crippen molar-refractivity contribution in [1.82, 2.24) is 9.78 Å². The average molecular weight is 250 g/mol. The van der Waals surface area contributed by atoms with E-state index >= 15 is 0 Å². The van der Waals surface area contributed by atoms with Crippen LogP contribution >= 0.6 is 27.3 Å². The monoisotopic (exact) mass is 249 g/mol. The molecule has 0 fully saturated rings. The van der Waals surface area contributed by atoms with Gasteiger partial charge in [-0.15, -0.1) is 0 Å². The number of aromatic nitrogens is 2. The van der Waals surface area contributed by atoms with Crippen molar-refractivity contribution >= 4 is 33.2 Å². The fourth-order valence-electron chi connectivity index (χ4n) is 0.704. The van der Waals surface area contributed by atoms with E-state index in [2.05, 4.69) is 26.0 Å². The first-order valence-corrected chi connectivity index (χ1v) is 5.21. The number of carbonyl (C=O) groups is 1. The summed E-state index contributed by atoms with van der Waals surface area (Å²) in [7, 11) is 1.77. The molecule has 0 unspecified atom stereocenters. The number of alkyl halides is 1. The van der Waals surface area contributed by atoms with Gasteiger partial charge in [-0.25, -0.2) is 4.68 Å². The van der Waals surface area contributed by atoms with Crippen molar-refractivity contribution in [2.45, 2.75) is 6.92 Å². The van der Waals surface area contributed by atoms with Crippen molar-refractivity contribution in [3.8, 4) is 0 Å². The van der Waals surface area contributed by atoms with Gasteiger partial charge in [0.2, 0.25) is 4.80 Å². The van der Waals surface area contributed by atoms with Gasteiger partial charge in [-0.05, 0) is 6.92 Å². The molecule has 0 radical (unpaired) electrons. The third-order valence-electron chi connectivity index (χ3n) is 1.14. The Morgan fingerprint density at radius 2 is 2.50 bits per heavy atom. The number of nitrogens with zero attached hydrogens (tertiary/aromatic N) is 3. The second-order valence-corrected chi connectivity index (χ2v) is 3.89. The molecule has 1 aromatic heterocycles. The third-order valence-corrected chi connectivity index (χ3v) is 2.54. The van der Waals surface area contributed by atoms with Crippen molar-refractivity contribution < 1.29 is 4.79 Å². The van der Waals surface area contributed by atoms with Gasteiger partial charge >= 0.3 is 0 Å². The maximum absolute atomic E-state index is 10.9. The second kappa shape index (κ2) is 3.95. The highest BCUT2D eigenvalue weighted by molar-refractivity contribution is 9.09. The minimum Gasteiger partial charge on any atom is -0.272 e. The minimum atomic E-state index is -0.186. The van der Waals surface area contributed by atoms with Gasteiger partial charge < -0.3 is 0 Å². The summed E-state index contributed by atoms with van der Waals surface area (Å²) in [5.41, 5.74) is 0. The maximum atomic E-state index is 10.9. The molecule has 6 heteroatoms. The van der Waals surface area contributed by atoms with Crippen LogP contribution in [0.15, 0.2) is 4.99 Å². The molecule has 1 aromatic rings. The molecule has 0 aliphatic rings. The predicted molar refractivity (Wildman–Crippen MR) is 50.2 cm³/mol. The van der Waals surface area contributed by atoms with Gasteiger partial charge in [0.15, 0.2) is 0 Å². The molecule has 0 bridgehead atoms. The predicted octanol–water partition coefficient (Wildman–Crippen LogP) is 0.612. The van der Waals surface area contributed by atoms with Crippen molar-refractivity contribution in [3.63, 3.8) is 0 Å². The van der Waals surface area contributed by atoms with Gasteiger partial charge in [-0.3, -0.25) is 4.79 Å². The van der Waals surface area contributed by atoms with Gasteiger partial charge in [0.25, 0.3) is 5.91 Å². The Balaban J connectivity index is 3.09. The van der Waals surface area contributed by atoms with Crippen LogP contribution in [0.1, 0.15) is 5.01 Å². The van der Waals surface area contributed by atoms with E-state index in [-0.39, 0.29) is 11.2 Å². The van der Waals surface area contributed by atoms with Gasteiger partial charge in [-0.2, -0.15) is 10.1 Å². The van der Waals surface area contributed by atoms with Crippen molar-refractivity contribution in [3.05, 3.63) is 9.81 Å². The summed E-state index contributed by atoms with van der Waals surface area (Å²) in [6.07, 6.45) is 0. The Morgan fingerprint density at radius 3 is 2.92 bits per heavy atom. The number of aryl methyl sites for hydroxylation is 2. The highest BCUT2D eigenvalue weighted by atomic mass is 79.9. The van der Waals surface area contributed by atoms with Gasteiger partial charge in [0.05, 0.1) is 5.33 Å². The Hall–Kier alpha value is -0.490. The fraction of sp³-hybridized carbons (Fsp3) is 0.500. The lowest BCUT2D eigenvalue weighted by atomic mass is 10.7. The highest BCUT2D eigenvalue weighted by Crippen LogP contribution is 1.93. The maximum Gasteiger partial charge on any atom is 0.259 e. The van der Waals surface area contributed by atoms with Crippen LogP contribution in [-0.2, 0) is 11.8 Å². The molecule has 12 heavy (non-hydrogen) atoms. The molecule has 0 aliphatic carbocycles. The van der Waals surface area contributed by atoms with Crippen molar-refractivity contribution in [2.75, 3.05) is 5.33 Å². The molecule has 66 valence electrons. The van der Waals surface area contributed by atoms with E-state index in [9.17, 15) is 4.79 Å². The summed E-state index contributed by atoms with van der Waals surface area (Å²) < 4.78 is 1.60. The minimum absolute atomic E-state index is 0.186. The lowest BCUT2D eigenvalue weighted by molar-refractivity contribution is -0.115. The summed E-state index contributed by atoms with van der Waals surface area (Å²) in [6, 6.07) is 0. The quantitative estimate of drug-likeness (QED) is 0.686. The number of amides is 1. The standard InChI is InChI=1S/C6H8BrN3OS/c1-4-9-10(2)6(12-4)8-5(11)3-7/h3H2,1-2H3. The van der Waals surface area contributed by atoms with Crippen LogP contribution in [0.3, 0.4) is 0 Å². The summed E-state index contributed by atoms with van der Waals surface area (Å²) in [4.78, 5) is 15.4. The summed E-state index contributed by atoms with van der Waals surface area (Å²) in [5, 5.41) is 5.23. The molecule has 1 rings (SSSR count). The van der Waals surface area contributed by atoms with E-state index in [1.807, 2.05) is 6.92 Å². The zero-order chi connectivity index (χ0) is 9.14. The van der Waals surface area contributed by atoms with Crippen molar-refractivity contribution in [1.29, 1.82) is 0 Å². The van der Waals surface area contributed by atoms with Gasteiger partial charge in [0, 0.05) is 7.05 Å². The summed E-state index contributed by atoms with van der Waals surface area (Å²) in [5.74, 6) is -0.186. The molecule has 0 saturated carbocycles. The Bertz CT molecular complexity index is 354. The van der Waals surface area contributed by atoms with E-state index < -0.39 is 0 Å². The van der Waals surface area contributed by atoms with Crippen molar-refractivity contribution in [2.24, 2.45) is 12.0 Å². The fourth-order valence-corrected chi connectivity index (χ4v) is 1.58. The molecule has 1 heterocycles. The largest absolute Gasteiger partial charge is 0.272 e. The molecule has 4 nitrogen and oxygen atoms in total. The lowest BCUT2D eigenvalue weighted by Crippen LogP contribution is -2.14. The lowest BCUT2D eigenvalue weighted by Gasteiger charge is -1.85. The van der Waals surface area contributed by atoms with E-state index in [0.717, 1.165) is 5.01 Å². The smallest absolute Gasteiger partial charge is 0.259 e. The normalized spacial score (nSPS) is 12.1. The van der Waals surface area contributed by atoms with E-state index in [1.54, 1.807) is 11.7 Å². The summed E-state index contributed by atoms with van der Waals surface area (Å²) >= 11 is 4.44. The molecule has 0 aliphatic heterocycles. The molecule has 0 aromatic carbocycles. The number of halogens is 1. The Labute approximate surface area is 82.1 Å². The van der Waals surface area contributed by atoms with Crippen LogP contribution in [0.4, 0.5) is 0 Å². The number of hydrogen-bond acceptors (Lipinski definition) is 3. The first-order chi connectivity index (χ1) is 5.63. The van der Waals surface area contributed by atoms with E-state index in [0.29, 0.717) is 4.80 Å². The second-order valence-electron chi connectivity index (χ2n) is 2.17. The number of carbonyl (C=O) groups excluding carboxylic acids is 1. The first kappa shape index (κ1) is 9.60. The topological polar surface area (TPSA) is 47.2 Å². The molecule has 0 saturated heterocycles. The Morgan fingerprint density at radius 1 is 1.83 bits per heavy atom. The third kappa shape index (κ3) is 2.25. The summed E-state index contributed by atoms with van der Waals surface area (Å²) in [6.45, 7) is 1.88. The van der Waals surface area contributed by atoms with Gasteiger partial charge in [-0.1, -0.05) is 27.3 Å². The number of hydrogen-bond donors (Lipinski definition) is 0. The van der Waals surface area contributed by atoms with Crippen LogP contribution in [0.25, 0.3) is 0 Å². The van der Waals surface area contributed by atoms with Crippen LogP contribution in [0.2, 0.25) is 0 Å². The molecule has 0 spiro atoms. The molecular formula is C6H8BrN3OS. The van der Waals surface area contributed by atoms with Crippen LogP contribution in [-0.4, -0.2) is 21.0 Å².